The lowest BCUT2D eigenvalue weighted by atomic mass is 10.1. The Bertz CT molecular complexity index is 811. The second kappa shape index (κ2) is 9.84. The molecule has 0 saturated carbocycles. The van der Waals surface area contributed by atoms with Gasteiger partial charge in [-0.2, -0.15) is 5.26 Å². The van der Waals surface area contributed by atoms with Gasteiger partial charge in [0.2, 0.25) is 0 Å². The molecule has 0 aliphatic rings. The quantitative estimate of drug-likeness (QED) is 0.583. The molecular formula is C20H20N2O4. The zero-order chi connectivity index (χ0) is 18.8. The van der Waals surface area contributed by atoms with Gasteiger partial charge in [0.15, 0.2) is 0 Å². The molecule has 0 spiro atoms. The lowest BCUT2D eigenvalue weighted by Gasteiger charge is -2.09. The van der Waals surface area contributed by atoms with Crippen LogP contribution in [0.2, 0.25) is 0 Å². The molecule has 2 rings (SSSR count). The number of nitriles is 1. The molecule has 26 heavy (non-hydrogen) atoms. The van der Waals surface area contributed by atoms with Crippen LogP contribution in [0.3, 0.4) is 0 Å². The monoisotopic (exact) mass is 352 g/mol. The van der Waals surface area contributed by atoms with Crippen LogP contribution in [0.25, 0.3) is 0 Å². The fourth-order valence-corrected chi connectivity index (χ4v) is 2.28. The highest BCUT2D eigenvalue weighted by Crippen LogP contribution is 2.16. The molecule has 0 aliphatic heterocycles. The molecule has 134 valence electrons. The van der Waals surface area contributed by atoms with E-state index in [0.717, 1.165) is 5.56 Å². The van der Waals surface area contributed by atoms with Gasteiger partial charge in [-0.05, 0) is 30.7 Å². The van der Waals surface area contributed by atoms with Gasteiger partial charge in [0, 0.05) is 24.1 Å². The Hall–Kier alpha value is -3.33. The first-order valence-electron chi connectivity index (χ1n) is 8.20. The number of nitrogens with zero attached hydrogens (tertiary/aromatic N) is 1. The minimum Gasteiger partial charge on any atom is -0.489 e. The Morgan fingerprint density at radius 1 is 1.15 bits per heavy atom. The summed E-state index contributed by atoms with van der Waals surface area (Å²) < 4.78 is 10.3. The third-order valence-electron chi connectivity index (χ3n) is 3.70. The van der Waals surface area contributed by atoms with Gasteiger partial charge in [-0.15, -0.1) is 0 Å². The van der Waals surface area contributed by atoms with Crippen molar-refractivity contribution in [1.82, 2.24) is 5.32 Å². The maximum absolute atomic E-state index is 12.2. The van der Waals surface area contributed by atoms with E-state index in [1.54, 1.807) is 36.4 Å². The van der Waals surface area contributed by atoms with E-state index in [0.29, 0.717) is 29.8 Å². The summed E-state index contributed by atoms with van der Waals surface area (Å²) >= 11 is 0. The van der Waals surface area contributed by atoms with Crippen molar-refractivity contribution in [1.29, 1.82) is 5.26 Å². The van der Waals surface area contributed by atoms with E-state index in [1.807, 2.05) is 12.1 Å². The maximum atomic E-state index is 12.2. The normalized spacial score (nSPS) is 9.85. The third-order valence-corrected chi connectivity index (χ3v) is 3.70. The highest BCUT2D eigenvalue weighted by molar-refractivity contribution is 5.94. The van der Waals surface area contributed by atoms with Gasteiger partial charge in [0.1, 0.15) is 12.4 Å². The second-order valence-corrected chi connectivity index (χ2v) is 5.52. The number of benzene rings is 2. The highest BCUT2D eigenvalue weighted by atomic mass is 16.5. The van der Waals surface area contributed by atoms with Crippen molar-refractivity contribution in [2.75, 3.05) is 13.7 Å². The minimum absolute atomic E-state index is 0.238. The molecule has 0 atom stereocenters. The number of rotatable bonds is 8. The van der Waals surface area contributed by atoms with E-state index in [2.05, 4.69) is 16.1 Å². The van der Waals surface area contributed by atoms with Crippen LogP contribution in [0, 0.1) is 11.3 Å². The number of nitrogens with one attached hydrogen (secondary N) is 1. The lowest BCUT2D eigenvalue weighted by molar-refractivity contribution is -0.140. The molecule has 2 aromatic rings. The summed E-state index contributed by atoms with van der Waals surface area (Å²) in [5.41, 5.74) is 1.81. The molecule has 0 unspecified atom stereocenters. The van der Waals surface area contributed by atoms with Crippen molar-refractivity contribution < 1.29 is 19.1 Å². The van der Waals surface area contributed by atoms with Crippen LogP contribution < -0.4 is 10.1 Å². The van der Waals surface area contributed by atoms with Gasteiger partial charge in [0.05, 0.1) is 18.7 Å². The third kappa shape index (κ3) is 5.64. The van der Waals surface area contributed by atoms with Crippen LogP contribution in [0.5, 0.6) is 5.75 Å². The molecule has 2 aromatic carbocycles. The van der Waals surface area contributed by atoms with E-state index < -0.39 is 0 Å². The fourth-order valence-electron chi connectivity index (χ4n) is 2.28. The van der Waals surface area contributed by atoms with E-state index in [1.165, 1.54) is 7.11 Å². The largest absolute Gasteiger partial charge is 0.489 e. The molecule has 0 heterocycles. The molecule has 0 aromatic heterocycles. The SMILES string of the molecule is COC(=O)CCCNC(=O)c1cccc(OCc2ccccc2C#N)c1. The Kier molecular flexibility index (Phi) is 7.19. The summed E-state index contributed by atoms with van der Waals surface area (Å²) in [6, 6.07) is 16.1. The van der Waals surface area contributed by atoms with Crippen molar-refractivity contribution in [3.8, 4) is 11.8 Å². The number of hydrogen-bond donors (Lipinski definition) is 1. The van der Waals surface area contributed by atoms with Crippen LogP contribution in [-0.2, 0) is 16.1 Å². The standard InChI is InChI=1S/C20H20N2O4/c1-25-19(23)10-5-11-22-20(24)15-8-4-9-18(12-15)26-14-17-7-3-2-6-16(17)13-21/h2-4,6-9,12H,5,10-11,14H2,1H3,(H,22,24). The first kappa shape index (κ1) is 19.0. The molecule has 0 bridgehead atoms. The maximum Gasteiger partial charge on any atom is 0.305 e. The number of ether oxygens (including phenoxy) is 2. The number of esters is 1. The number of carbonyl (C=O) groups is 2. The Morgan fingerprint density at radius 3 is 2.73 bits per heavy atom. The van der Waals surface area contributed by atoms with Gasteiger partial charge >= 0.3 is 5.97 Å². The smallest absolute Gasteiger partial charge is 0.305 e. The molecule has 1 N–H and O–H groups in total. The van der Waals surface area contributed by atoms with E-state index in [-0.39, 0.29) is 24.9 Å². The van der Waals surface area contributed by atoms with Gasteiger partial charge in [-0.1, -0.05) is 24.3 Å². The molecule has 0 fully saturated rings. The van der Waals surface area contributed by atoms with Crippen molar-refractivity contribution in [2.45, 2.75) is 19.4 Å². The van der Waals surface area contributed by atoms with Crippen LogP contribution in [0.1, 0.15) is 34.3 Å². The van der Waals surface area contributed by atoms with Crippen LogP contribution in [0.15, 0.2) is 48.5 Å². The molecule has 0 radical (unpaired) electrons. The number of amides is 1. The summed E-state index contributed by atoms with van der Waals surface area (Å²) in [5.74, 6) is 0.00462. The number of hydrogen-bond acceptors (Lipinski definition) is 5. The van der Waals surface area contributed by atoms with E-state index in [4.69, 9.17) is 10.00 Å². The van der Waals surface area contributed by atoms with Gasteiger partial charge in [-0.3, -0.25) is 9.59 Å². The highest BCUT2D eigenvalue weighted by Gasteiger charge is 2.08. The van der Waals surface area contributed by atoms with Crippen LogP contribution in [0.4, 0.5) is 0 Å². The summed E-state index contributed by atoms with van der Waals surface area (Å²) in [5, 5.41) is 11.9. The summed E-state index contributed by atoms with van der Waals surface area (Å²) in [6.07, 6.45) is 0.776. The average Bonchev–Trinajstić information content (AvgIpc) is 2.69. The van der Waals surface area contributed by atoms with Crippen molar-refractivity contribution in [3.05, 3.63) is 65.2 Å². The molecule has 6 heteroatoms. The van der Waals surface area contributed by atoms with E-state index in [9.17, 15) is 9.59 Å². The van der Waals surface area contributed by atoms with E-state index >= 15 is 0 Å². The predicted octanol–water partition coefficient (Wildman–Crippen LogP) is 2.82. The van der Waals surface area contributed by atoms with Crippen molar-refractivity contribution in [2.24, 2.45) is 0 Å². The van der Waals surface area contributed by atoms with Crippen LogP contribution in [-0.4, -0.2) is 25.5 Å². The molecular weight excluding hydrogens is 332 g/mol. The molecule has 1 amide bonds. The average molecular weight is 352 g/mol. The number of carbonyl (C=O) groups excluding carboxylic acids is 2. The summed E-state index contributed by atoms with van der Waals surface area (Å²) in [7, 11) is 1.33. The second-order valence-electron chi connectivity index (χ2n) is 5.52. The molecule has 6 nitrogen and oxygen atoms in total. The minimum atomic E-state index is -0.299. The van der Waals surface area contributed by atoms with Crippen molar-refractivity contribution in [3.63, 3.8) is 0 Å². The molecule has 0 saturated heterocycles. The molecule has 0 aliphatic carbocycles. The van der Waals surface area contributed by atoms with Crippen molar-refractivity contribution >= 4 is 11.9 Å². The lowest BCUT2D eigenvalue weighted by Crippen LogP contribution is -2.25. The fraction of sp³-hybridized carbons (Fsp3) is 0.250. The van der Waals surface area contributed by atoms with Gasteiger partial charge in [-0.25, -0.2) is 0 Å². The number of methoxy groups -OCH3 is 1. The summed E-state index contributed by atoms with van der Waals surface area (Å²) in [6.45, 7) is 0.627. The van der Waals surface area contributed by atoms with Gasteiger partial charge in [0.25, 0.3) is 5.91 Å². The Morgan fingerprint density at radius 2 is 1.96 bits per heavy atom. The zero-order valence-electron chi connectivity index (χ0n) is 14.5. The first-order chi connectivity index (χ1) is 12.6. The van der Waals surface area contributed by atoms with Crippen LogP contribution >= 0.6 is 0 Å². The topological polar surface area (TPSA) is 88.4 Å². The first-order valence-corrected chi connectivity index (χ1v) is 8.20. The summed E-state index contributed by atoms with van der Waals surface area (Å²) in [4.78, 5) is 23.2. The Labute approximate surface area is 152 Å². The zero-order valence-corrected chi connectivity index (χ0v) is 14.5. The predicted molar refractivity (Wildman–Crippen MR) is 95.5 cm³/mol. The van der Waals surface area contributed by atoms with Gasteiger partial charge < -0.3 is 14.8 Å². The Balaban J connectivity index is 1.90.